The molecule has 2 aliphatic rings. The Kier molecular flexibility index (Phi) is 4.15. The number of para-hydroxylation sites is 1. The molecule has 0 bridgehead atoms. The van der Waals surface area contributed by atoms with Gasteiger partial charge in [0.1, 0.15) is 5.75 Å². The molecule has 21 heavy (non-hydrogen) atoms. The van der Waals surface area contributed by atoms with E-state index in [4.69, 9.17) is 10.5 Å². The third-order valence-electron chi connectivity index (χ3n) is 4.86. The molecular formula is C17H24N2O2. The van der Waals surface area contributed by atoms with Gasteiger partial charge in [0.05, 0.1) is 18.1 Å². The van der Waals surface area contributed by atoms with Crippen molar-refractivity contribution >= 4 is 5.91 Å². The van der Waals surface area contributed by atoms with Crippen molar-refractivity contribution in [2.24, 2.45) is 5.73 Å². The third kappa shape index (κ3) is 2.91. The molecule has 1 aromatic rings. The van der Waals surface area contributed by atoms with E-state index >= 15 is 0 Å². The number of rotatable bonds is 3. The summed E-state index contributed by atoms with van der Waals surface area (Å²) < 4.78 is 5.64. The largest absolute Gasteiger partial charge is 0.493 e. The van der Waals surface area contributed by atoms with Gasteiger partial charge in [0.2, 0.25) is 5.91 Å². The first-order valence-electron chi connectivity index (χ1n) is 7.98. The highest BCUT2D eigenvalue weighted by Crippen LogP contribution is 2.35. The van der Waals surface area contributed by atoms with Crippen molar-refractivity contribution in [3.8, 4) is 5.75 Å². The van der Waals surface area contributed by atoms with Crippen molar-refractivity contribution in [2.75, 3.05) is 13.2 Å². The quantitative estimate of drug-likeness (QED) is 0.897. The van der Waals surface area contributed by atoms with E-state index in [1.54, 1.807) is 0 Å². The SMILES string of the molecule is NCC1(NC(=O)C2CCOc3ccccc32)CCCCC1. The predicted octanol–water partition coefficient (Wildman–Crippen LogP) is 2.33. The van der Waals surface area contributed by atoms with E-state index in [0.29, 0.717) is 13.2 Å². The first-order valence-corrected chi connectivity index (χ1v) is 7.98. The number of hydrogen-bond acceptors (Lipinski definition) is 3. The lowest BCUT2D eigenvalue weighted by molar-refractivity contribution is -0.125. The lowest BCUT2D eigenvalue weighted by atomic mass is 9.80. The van der Waals surface area contributed by atoms with E-state index in [-0.39, 0.29) is 17.4 Å². The average molecular weight is 288 g/mol. The van der Waals surface area contributed by atoms with Gasteiger partial charge in [-0.15, -0.1) is 0 Å². The Morgan fingerprint density at radius 1 is 1.29 bits per heavy atom. The molecule has 1 heterocycles. The Morgan fingerprint density at radius 3 is 2.81 bits per heavy atom. The monoisotopic (exact) mass is 288 g/mol. The van der Waals surface area contributed by atoms with Gasteiger partial charge >= 0.3 is 0 Å². The fraction of sp³-hybridized carbons (Fsp3) is 0.588. The van der Waals surface area contributed by atoms with E-state index < -0.39 is 0 Å². The molecule has 1 unspecified atom stereocenters. The zero-order chi connectivity index (χ0) is 14.7. The fourth-order valence-corrected chi connectivity index (χ4v) is 3.57. The van der Waals surface area contributed by atoms with E-state index in [0.717, 1.165) is 43.4 Å². The maximum absolute atomic E-state index is 12.8. The summed E-state index contributed by atoms with van der Waals surface area (Å²) in [5, 5.41) is 3.27. The zero-order valence-corrected chi connectivity index (χ0v) is 12.4. The molecule has 0 spiro atoms. The molecule has 1 saturated carbocycles. The van der Waals surface area contributed by atoms with Crippen LogP contribution in [-0.4, -0.2) is 24.6 Å². The van der Waals surface area contributed by atoms with Gasteiger partial charge in [0.25, 0.3) is 0 Å². The molecule has 0 saturated heterocycles. The topological polar surface area (TPSA) is 64.3 Å². The van der Waals surface area contributed by atoms with Crippen LogP contribution in [0.4, 0.5) is 0 Å². The maximum atomic E-state index is 12.8. The van der Waals surface area contributed by atoms with Crippen molar-refractivity contribution in [1.29, 1.82) is 0 Å². The fourth-order valence-electron chi connectivity index (χ4n) is 3.57. The van der Waals surface area contributed by atoms with Crippen LogP contribution in [0.25, 0.3) is 0 Å². The standard InChI is InChI=1S/C17H24N2O2/c18-12-17(9-4-1-5-10-17)19-16(20)14-8-11-21-15-7-3-2-6-13(14)15/h2-3,6-7,14H,1,4-5,8-12,18H2,(H,19,20). The zero-order valence-electron chi connectivity index (χ0n) is 12.4. The van der Waals surface area contributed by atoms with Crippen molar-refractivity contribution in [3.63, 3.8) is 0 Å². The van der Waals surface area contributed by atoms with E-state index in [9.17, 15) is 4.79 Å². The average Bonchev–Trinajstić information content (AvgIpc) is 2.55. The molecule has 3 rings (SSSR count). The van der Waals surface area contributed by atoms with Crippen molar-refractivity contribution < 1.29 is 9.53 Å². The van der Waals surface area contributed by atoms with Gasteiger partial charge in [0.15, 0.2) is 0 Å². The van der Waals surface area contributed by atoms with Crippen LogP contribution in [0.15, 0.2) is 24.3 Å². The lowest BCUT2D eigenvalue weighted by Gasteiger charge is -2.38. The minimum Gasteiger partial charge on any atom is -0.493 e. The molecule has 114 valence electrons. The Morgan fingerprint density at radius 2 is 2.05 bits per heavy atom. The summed E-state index contributed by atoms with van der Waals surface area (Å²) in [6.45, 7) is 1.13. The molecule has 1 fully saturated rings. The normalized spacial score (nSPS) is 23.8. The van der Waals surface area contributed by atoms with Crippen molar-refractivity contribution in [3.05, 3.63) is 29.8 Å². The van der Waals surface area contributed by atoms with Crippen LogP contribution in [0.3, 0.4) is 0 Å². The number of ether oxygens (including phenoxy) is 1. The van der Waals surface area contributed by atoms with Crippen LogP contribution in [-0.2, 0) is 4.79 Å². The molecule has 1 atom stereocenters. The Labute approximate surface area is 126 Å². The van der Waals surface area contributed by atoms with Crippen LogP contribution >= 0.6 is 0 Å². The molecule has 4 heteroatoms. The van der Waals surface area contributed by atoms with Gasteiger partial charge in [-0.2, -0.15) is 0 Å². The second kappa shape index (κ2) is 6.06. The third-order valence-corrected chi connectivity index (χ3v) is 4.86. The summed E-state index contributed by atoms with van der Waals surface area (Å²) >= 11 is 0. The Bertz CT molecular complexity index is 509. The van der Waals surface area contributed by atoms with Gasteiger partial charge in [-0.25, -0.2) is 0 Å². The summed E-state index contributed by atoms with van der Waals surface area (Å²) in [4.78, 5) is 12.8. The minimum atomic E-state index is -0.192. The van der Waals surface area contributed by atoms with Gasteiger partial charge in [0, 0.05) is 12.1 Å². The van der Waals surface area contributed by atoms with E-state index in [1.807, 2.05) is 24.3 Å². The second-order valence-electron chi connectivity index (χ2n) is 6.26. The highest BCUT2D eigenvalue weighted by atomic mass is 16.5. The van der Waals surface area contributed by atoms with Gasteiger partial charge in [-0.3, -0.25) is 4.79 Å². The summed E-state index contributed by atoms with van der Waals surface area (Å²) in [6.07, 6.45) is 6.30. The first kappa shape index (κ1) is 14.4. The van der Waals surface area contributed by atoms with Crippen molar-refractivity contribution in [1.82, 2.24) is 5.32 Å². The minimum absolute atomic E-state index is 0.109. The number of hydrogen-bond donors (Lipinski definition) is 2. The van der Waals surface area contributed by atoms with E-state index in [2.05, 4.69) is 5.32 Å². The molecule has 0 radical (unpaired) electrons. The highest BCUT2D eigenvalue weighted by molar-refractivity contribution is 5.85. The van der Waals surface area contributed by atoms with Crippen LogP contribution in [0.1, 0.15) is 50.0 Å². The van der Waals surface area contributed by atoms with Gasteiger partial charge in [-0.1, -0.05) is 37.5 Å². The summed E-state index contributed by atoms with van der Waals surface area (Å²) in [6, 6.07) is 7.84. The molecule has 1 aliphatic carbocycles. The number of amides is 1. The molecule has 1 aliphatic heterocycles. The molecule has 3 N–H and O–H groups in total. The molecule has 1 amide bonds. The van der Waals surface area contributed by atoms with Crippen LogP contribution < -0.4 is 15.8 Å². The number of carbonyl (C=O) groups excluding carboxylic acids is 1. The van der Waals surface area contributed by atoms with Gasteiger partial charge < -0.3 is 15.8 Å². The van der Waals surface area contributed by atoms with E-state index in [1.165, 1.54) is 6.42 Å². The van der Waals surface area contributed by atoms with Gasteiger partial charge in [-0.05, 0) is 25.3 Å². The Balaban J connectivity index is 1.77. The highest BCUT2D eigenvalue weighted by Gasteiger charge is 2.36. The van der Waals surface area contributed by atoms with Crippen LogP contribution in [0.2, 0.25) is 0 Å². The number of benzene rings is 1. The second-order valence-corrected chi connectivity index (χ2v) is 6.26. The maximum Gasteiger partial charge on any atom is 0.228 e. The van der Waals surface area contributed by atoms with Crippen LogP contribution in [0.5, 0.6) is 5.75 Å². The van der Waals surface area contributed by atoms with Crippen LogP contribution in [0, 0.1) is 0 Å². The number of fused-ring (bicyclic) bond motifs is 1. The molecular weight excluding hydrogens is 264 g/mol. The van der Waals surface area contributed by atoms with Crippen molar-refractivity contribution in [2.45, 2.75) is 50.0 Å². The number of nitrogens with two attached hydrogens (primary N) is 1. The smallest absolute Gasteiger partial charge is 0.228 e. The number of nitrogens with one attached hydrogen (secondary N) is 1. The molecule has 4 nitrogen and oxygen atoms in total. The summed E-state index contributed by atoms with van der Waals surface area (Å²) in [5.74, 6) is 0.841. The summed E-state index contributed by atoms with van der Waals surface area (Å²) in [5.41, 5.74) is 6.78. The summed E-state index contributed by atoms with van der Waals surface area (Å²) in [7, 11) is 0. The Hall–Kier alpha value is -1.55. The predicted molar refractivity (Wildman–Crippen MR) is 82.3 cm³/mol. The first-order chi connectivity index (χ1) is 10.2. The molecule has 0 aromatic heterocycles. The molecule has 1 aromatic carbocycles. The number of carbonyl (C=O) groups is 1. The lowest BCUT2D eigenvalue weighted by Crippen LogP contribution is -2.56.